The summed E-state index contributed by atoms with van der Waals surface area (Å²) in [7, 11) is 0. The highest BCUT2D eigenvalue weighted by Gasteiger charge is 2.40. The van der Waals surface area contributed by atoms with E-state index in [9.17, 15) is 13.2 Å². The second-order valence-electron chi connectivity index (χ2n) is 5.56. The fraction of sp³-hybridized carbons (Fsp3) is 0.750. The van der Waals surface area contributed by atoms with Gasteiger partial charge in [0, 0.05) is 25.7 Å². The van der Waals surface area contributed by atoms with Crippen LogP contribution >= 0.6 is 0 Å². The first-order chi connectivity index (χ1) is 8.97. The normalized spacial score (nSPS) is 23.5. The van der Waals surface area contributed by atoms with Crippen molar-refractivity contribution in [3.05, 3.63) is 17.5 Å². The van der Waals surface area contributed by atoms with Gasteiger partial charge in [0.05, 0.1) is 5.69 Å². The number of nitrogens with one attached hydrogen (secondary N) is 1. The molecule has 2 aliphatic rings. The van der Waals surface area contributed by atoms with Crippen LogP contribution in [0.5, 0.6) is 0 Å². The molecule has 2 aliphatic heterocycles. The highest BCUT2D eigenvalue weighted by atomic mass is 19.4. The Kier molecular flexibility index (Phi) is 3.05. The van der Waals surface area contributed by atoms with Gasteiger partial charge < -0.3 is 9.84 Å². The minimum absolute atomic E-state index is 0.356. The number of halogens is 3. The first kappa shape index (κ1) is 12.9. The Morgan fingerprint density at radius 3 is 2.47 bits per heavy atom. The van der Waals surface area contributed by atoms with Gasteiger partial charge in [-0.1, -0.05) is 5.16 Å². The predicted molar refractivity (Wildman–Crippen MR) is 61.3 cm³/mol. The maximum Gasteiger partial charge on any atom is 0.452 e. The molecule has 0 unspecified atom stereocenters. The summed E-state index contributed by atoms with van der Waals surface area (Å²) in [5.41, 5.74) is 0.798. The van der Waals surface area contributed by atoms with Crippen molar-refractivity contribution in [3.63, 3.8) is 0 Å². The van der Waals surface area contributed by atoms with Crippen LogP contribution in [0.25, 0.3) is 0 Å². The van der Waals surface area contributed by atoms with E-state index in [-0.39, 0.29) is 0 Å². The van der Waals surface area contributed by atoms with Crippen LogP contribution in [0.3, 0.4) is 0 Å². The Labute approximate surface area is 108 Å². The van der Waals surface area contributed by atoms with E-state index in [4.69, 9.17) is 0 Å². The molecule has 1 aromatic heterocycles. The summed E-state index contributed by atoms with van der Waals surface area (Å²) in [5.74, 6) is -1.01. The second-order valence-corrected chi connectivity index (χ2v) is 5.56. The van der Waals surface area contributed by atoms with Crippen molar-refractivity contribution in [3.8, 4) is 0 Å². The van der Waals surface area contributed by atoms with Crippen molar-refractivity contribution in [2.75, 3.05) is 26.2 Å². The third kappa shape index (κ3) is 2.62. The van der Waals surface area contributed by atoms with Gasteiger partial charge in [0.2, 0.25) is 5.76 Å². The summed E-state index contributed by atoms with van der Waals surface area (Å²) >= 11 is 0. The average Bonchev–Trinajstić information content (AvgIpc) is 2.76. The largest absolute Gasteiger partial charge is 0.452 e. The molecule has 2 fully saturated rings. The zero-order valence-electron chi connectivity index (χ0n) is 10.5. The van der Waals surface area contributed by atoms with Crippen LogP contribution in [0.4, 0.5) is 13.2 Å². The van der Waals surface area contributed by atoms with Crippen LogP contribution in [0.1, 0.15) is 24.3 Å². The molecule has 1 aromatic rings. The quantitative estimate of drug-likeness (QED) is 0.894. The van der Waals surface area contributed by atoms with Crippen LogP contribution in [0.15, 0.2) is 10.6 Å². The molecule has 2 saturated heterocycles. The van der Waals surface area contributed by atoms with Gasteiger partial charge in [0.25, 0.3) is 0 Å². The molecule has 1 N–H and O–H groups in total. The lowest BCUT2D eigenvalue weighted by Crippen LogP contribution is -2.58. The van der Waals surface area contributed by atoms with E-state index in [2.05, 4.69) is 19.9 Å². The van der Waals surface area contributed by atoms with E-state index in [1.54, 1.807) is 0 Å². The third-order valence-electron chi connectivity index (χ3n) is 4.14. The van der Waals surface area contributed by atoms with Gasteiger partial charge in [-0.25, -0.2) is 0 Å². The maximum absolute atomic E-state index is 12.4. The Morgan fingerprint density at radius 2 is 2.00 bits per heavy atom. The van der Waals surface area contributed by atoms with Crippen molar-refractivity contribution in [2.45, 2.75) is 25.6 Å². The molecule has 19 heavy (non-hydrogen) atoms. The molecule has 7 heteroatoms. The molecule has 3 heterocycles. The second kappa shape index (κ2) is 4.49. The molecule has 1 spiro atoms. The van der Waals surface area contributed by atoms with Crippen molar-refractivity contribution >= 4 is 0 Å². The van der Waals surface area contributed by atoms with Gasteiger partial charge >= 0.3 is 6.18 Å². The zero-order chi connectivity index (χ0) is 13.5. The number of aromatic nitrogens is 1. The van der Waals surface area contributed by atoms with Gasteiger partial charge in [-0.2, -0.15) is 13.2 Å². The van der Waals surface area contributed by atoms with E-state index >= 15 is 0 Å². The highest BCUT2D eigenvalue weighted by Crippen LogP contribution is 2.35. The molecule has 0 bridgehead atoms. The molecule has 4 nitrogen and oxygen atoms in total. The lowest BCUT2D eigenvalue weighted by molar-refractivity contribution is -0.155. The first-order valence-corrected chi connectivity index (χ1v) is 6.43. The van der Waals surface area contributed by atoms with E-state index in [0.717, 1.165) is 45.1 Å². The molecule has 0 radical (unpaired) electrons. The molecule has 106 valence electrons. The third-order valence-corrected chi connectivity index (χ3v) is 4.14. The van der Waals surface area contributed by atoms with Gasteiger partial charge in [-0.05, 0) is 31.3 Å². The molecule has 0 aliphatic carbocycles. The lowest BCUT2D eigenvalue weighted by Gasteiger charge is -2.48. The predicted octanol–water partition coefficient (Wildman–Crippen LogP) is 1.88. The first-order valence-electron chi connectivity index (χ1n) is 6.43. The highest BCUT2D eigenvalue weighted by molar-refractivity contribution is 5.08. The van der Waals surface area contributed by atoms with Gasteiger partial charge in [-0.15, -0.1) is 0 Å². The van der Waals surface area contributed by atoms with Crippen LogP contribution < -0.4 is 5.32 Å². The summed E-state index contributed by atoms with van der Waals surface area (Å²) in [5, 5.41) is 6.78. The van der Waals surface area contributed by atoms with Crippen molar-refractivity contribution in [1.82, 2.24) is 15.4 Å². The van der Waals surface area contributed by atoms with E-state index in [1.165, 1.54) is 0 Å². The SMILES string of the molecule is FC(F)(F)c1cc(CN2CCC3(CC2)CNC3)no1. The van der Waals surface area contributed by atoms with Crippen LogP contribution in [-0.2, 0) is 12.7 Å². The molecular formula is C12H16F3N3O. The fourth-order valence-electron chi connectivity index (χ4n) is 2.77. The van der Waals surface area contributed by atoms with Crippen LogP contribution in [0, 0.1) is 5.41 Å². The van der Waals surface area contributed by atoms with Crippen molar-refractivity contribution in [2.24, 2.45) is 5.41 Å². The van der Waals surface area contributed by atoms with Crippen LogP contribution in [-0.4, -0.2) is 36.2 Å². The molecule has 0 saturated carbocycles. The maximum atomic E-state index is 12.4. The van der Waals surface area contributed by atoms with Crippen molar-refractivity contribution < 1.29 is 17.7 Å². The number of hydrogen-bond donors (Lipinski definition) is 1. The number of likely N-dealkylation sites (tertiary alicyclic amines) is 1. The van der Waals surface area contributed by atoms with Gasteiger partial charge in [0.1, 0.15) is 0 Å². The van der Waals surface area contributed by atoms with Crippen LogP contribution in [0.2, 0.25) is 0 Å². The van der Waals surface area contributed by atoms with Crippen molar-refractivity contribution in [1.29, 1.82) is 0 Å². The van der Waals surface area contributed by atoms with E-state index in [1.807, 2.05) is 0 Å². The molecule has 3 rings (SSSR count). The lowest BCUT2D eigenvalue weighted by atomic mass is 9.73. The summed E-state index contributed by atoms with van der Waals surface area (Å²) in [6, 6.07) is 0.995. The molecular weight excluding hydrogens is 259 g/mol. The number of alkyl halides is 3. The molecule has 0 atom stereocenters. The van der Waals surface area contributed by atoms with E-state index in [0.29, 0.717) is 17.7 Å². The summed E-state index contributed by atoms with van der Waals surface area (Å²) < 4.78 is 41.5. The van der Waals surface area contributed by atoms with Gasteiger partial charge in [-0.3, -0.25) is 4.90 Å². The smallest absolute Gasteiger partial charge is 0.351 e. The summed E-state index contributed by atoms with van der Waals surface area (Å²) in [6.07, 6.45) is -2.25. The monoisotopic (exact) mass is 275 g/mol. The molecule has 0 aromatic carbocycles. The zero-order valence-corrected chi connectivity index (χ0v) is 10.5. The van der Waals surface area contributed by atoms with E-state index < -0.39 is 11.9 Å². The Hall–Kier alpha value is -1.08. The summed E-state index contributed by atoms with van der Waals surface area (Å²) in [6.45, 7) is 4.40. The molecule has 0 amide bonds. The number of rotatable bonds is 2. The topological polar surface area (TPSA) is 41.3 Å². The fourth-order valence-corrected chi connectivity index (χ4v) is 2.77. The summed E-state index contributed by atoms with van der Waals surface area (Å²) in [4.78, 5) is 2.14. The Bertz CT molecular complexity index is 443. The minimum atomic E-state index is -4.45. The van der Waals surface area contributed by atoms with Gasteiger partial charge in [0.15, 0.2) is 0 Å². The number of nitrogens with zero attached hydrogens (tertiary/aromatic N) is 2. The Morgan fingerprint density at radius 1 is 1.32 bits per heavy atom. The number of piperidine rings is 1. The average molecular weight is 275 g/mol. The Balaban J connectivity index is 1.56. The standard InChI is InChI=1S/C12H16F3N3O/c13-12(14,15)10-5-9(17-19-10)6-18-3-1-11(2-4-18)7-16-8-11/h5,16H,1-4,6-8H2. The minimum Gasteiger partial charge on any atom is -0.351 e. The number of hydrogen-bond acceptors (Lipinski definition) is 4.